The number of nitrogens with one attached hydrogen (secondary N) is 2. The van der Waals surface area contributed by atoms with E-state index in [0.29, 0.717) is 9.88 Å². The van der Waals surface area contributed by atoms with Gasteiger partial charge in [-0.05, 0) is 61.7 Å². The summed E-state index contributed by atoms with van der Waals surface area (Å²) in [6.07, 6.45) is 3.57. The third kappa shape index (κ3) is 5.57. The van der Waals surface area contributed by atoms with Gasteiger partial charge in [-0.1, -0.05) is 12.1 Å². The van der Waals surface area contributed by atoms with Gasteiger partial charge in [-0.15, -0.1) is 11.3 Å². The van der Waals surface area contributed by atoms with Gasteiger partial charge in [0.2, 0.25) is 0 Å². The lowest BCUT2D eigenvalue weighted by Crippen LogP contribution is -2.44. The van der Waals surface area contributed by atoms with E-state index in [1.807, 2.05) is 25.1 Å². The molecule has 2 N–H and O–H groups in total. The lowest BCUT2D eigenvalue weighted by Gasteiger charge is -2.32. The highest BCUT2D eigenvalue weighted by Gasteiger charge is 2.23. The Kier molecular flexibility index (Phi) is 6.92. The molecule has 1 fully saturated rings. The minimum atomic E-state index is -0.467. The minimum Gasteiger partial charge on any atom is -0.349 e. The van der Waals surface area contributed by atoms with E-state index in [9.17, 15) is 14.0 Å². The monoisotopic (exact) mass is 452 g/mol. The molecule has 0 aliphatic carbocycles. The zero-order valence-electron chi connectivity index (χ0n) is 17.8. The quantitative estimate of drug-likeness (QED) is 0.587. The summed E-state index contributed by atoms with van der Waals surface area (Å²) in [5, 5.41) is 6.45. The summed E-state index contributed by atoms with van der Waals surface area (Å²) in [7, 11) is 0. The predicted molar refractivity (Wildman–Crippen MR) is 123 cm³/mol. The molecule has 0 radical (unpaired) electrons. The van der Waals surface area contributed by atoms with Gasteiger partial charge in [0.15, 0.2) is 0 Å². The van der Waals surface area contributed by atoms with E-state index in [-0.39, 0.29) is 17.5 Å². The first-order valence-electron chi connectivity index (χ1n) is 10.6. The summed E-state index contributed by atoms with van der Waals surface area (Å²) < 4.78 is 13.4. The number of benzene rings is 1. The van der Waals surface area contributed by atoms with Gasteiger partial charge in [-0.2, -0.15) is 0 Å². The summed E-state index contributed by atoms with van der Waals surface area (Å²) in [6.45, 7) is 4.47. The first-order chi connectivity index (χ1) is 15.5. The number of rotatable bonds is 6. The second kappa shape index (κ2) is 10.0. The van der Waals surface area contributed by atoms with Crippen LogP contribution >= 0.6 is 11.3 Å². The molecule has 3 heterocycles. The number of carbonyl (C=O) groups is 2. The summed E-state index contributed by atoms with van der Waals surface area (Å²) in [5.41, 5.74) is 2.09. The molecule has 6 nitrogen and oxygen atoms in total. The molecule has 4 rings (SSSR count). The Labute approximate surface area is 190 Å². The summed E-state index contributed by atoms with van der Waals surface area (Å²) in [4.78, 5) is 32.5. The number of anilines is 1. The third-order valence-corrected chi connectivity index (χ3v) is 6.63. The van der Waals surface area contributed by atoms with Crippen LogP contribution in [-0.4, -0.2) is 40.8 Å². The van der Waals surface area contributed by atoms with E-state index in [0.717, 1.165) is 43.7 Å². The fraction of sp³-hybridized carbons (Fsp3) is 0.292. The number of carbonyl (C=O) groups excluding carboxylic acids is 2. The number of likely N-dealkylation sites (tertiary alicyclic amines) is 1. The predicted octanol–water partition coefficient (Wildman–Crippen LogP) is 4.24. The highest BCUT2D eigenvalue weighted by molar-refractivity contribution is 7.18. The maximum absolute atomic E-state index is 13.4. The van der Waals surface area contributed by atoms with Crippen LogP contribution in [0.25, 0.3) is 0 Å². The number of halogens is 1. The van der Waals surface area contributed by atoms with Gasteiger partial charge in [0.05, 0.1) is 15.6 Å². The maximum atomic E-state index is 13.4. The molecule has 1 aliphatic heterocycles. The van der Waals surface area contributed by atoms with Crippen LogP contribution in [0, 0.1) is 12.7 Å². The minimum absolute atomic E-state index is 0.120. The Hall–Kier alpha value is -3.10. The average Bonchev–Trinajstić information content (AvgIpc) is 3.16. The van der Waals surface area contributed by atoms with Crippen molar-refractivity contribution in [2.24, 2.45) is 0 Å². The van der Waals surface area contributed by atoms with Crippen molar-refractivity contribution in [1.29, 1.82) is 0 Å². The van der Waals surface area contributed by atoms with E-state index in [4.69, 9.17) is 0 Å². The highest BCUT2D eigenvalue weighted by Crippen LogP contribution is 2.27. The molecule has 1 aromatic carbocycles. The van der Waals surface area contributed by atoms with Crippen molar-refractivity contribution in [3.8, 4) is 0 Å². The molecule has 1 saturated heterocycles. The number of hydrogen-bond donors (Lipinski definition) is 2. The zero-order valence-corrected chi connectivity index (χ0v) is 18.6. The number of hydrogen-bond acceptors (Lipinski definition) is 5. The van der Waals surface area contributed by atoms with Crippen molar-refractivity contribution in [1.82, 2.24) is 15.2 Å². The number of piperidine rings is 1. The summed E-state index contributed by atoms with van der Waals surface area (Å²) in [6, 6.07) is 13.3. The fourth-order valence-electron chi connectivity index (χ4n) is 3.79. The Balaban J connectivity index is 1.30. The lowest BCUT2D eigenvalue weighted by atomic mass is 10.0. The molecule has 0 saturated carbocycles. The molecule has 0 atom stereocenters. The summed E-state index contributed by atoms with van der Waals surface area (Å²) in [5.74, 6) is -0.994. The van der Waals surface area contributed by atoms with Gasteiger partial charge in [-0.3, -0.25) is 19.5 Å². The van der Waals surface area contributed by atoms with Gasteiger partial charge in [0.1, 0.15) is 5.82 Å². The lowest BCUT2D eigenvalue weighted by molar-refractivity contribution is 0.0911. The Morgan fingerprint density at radius 2 is 1.94 bits per heavy atom. The molecule has 32 heavy (non-hydrogen) atoms. The third-order valence-electron chi connectivity index (χ3n) is 5.48. The number of nitrogens with zero attached hydrogens (tertiary/aromatic N) is 2. The molecule has 0 unspecified atom stereocenters. The number of thiophene rings is 1. The van der Waals surface area contributed by atoms with Crippen molar-refractivity contribution < 1.29 is 14.0 Å². The second-order valence-corrected chi connectivity index (χ2v) is 8.98. The number of amides is 2. The van der Waals surface area contributed by atoms with Crippen LogP contribution in [0.1, 0.15) is 44.1 Å². The van der Waals surface area contributed by atoms with Crippen LogP contribution in [-0.2, 0) is 6.54 Å². The van der Waals surface area contributed by atoms with Crippen molar-refractivity contribution in [3.05, 3.63) is 82.2 Å². The van der Waals surface area contributed by atoms with E-state index in [1.54, 1.807) is 18.3 Å². The van der Waals surface area contributed by atoms with E-state index in [1.165, 1.54) is 29.5 Å². The van der Waals surface area contributed by atoms with Crippen LogP contribution < -0.4 is 10.6 Å². The van der Waals surface area contributed by atoms with E-state index >= 15 is 0 Å². The van der Waals surface area contributed by atoms with Crippen molar-refractivity contribution >= 4 is 28.2 Å². The molecule has 1 aliphatic rings. The van der Waals surface area contributed by atoms with Crippen LogP contribution in [0.15, 0.2) is 54.7 Å². The van der Waals surface area contributed by atoms with Gasteiger partial charge in [0, 0.05) is 37.4 Å². The Morgan fingerprint density at radius 1 is 1.12 bits per heavy atom. The molecular weight excluding hydrogens is 427 g/mol. The number of aryl methyl sites for hydroxylation is 1. The Morgan fingerprint density at radius 3 is 2.66 bits per heavy atom. The van der Waals surface area contributed by atoms with Crippen LogP contribution in [0.5, 0.6) is 0 Å². The zero-order chi connectivity index (χ0) is 22.5. The van der Waals surface area contributed by atoms with Crippen molar-refractivity contribution in [2.45, 2.75) is 32.4 Å². The van der Waals surface area contributed by atoms with Gasteiger partial charge < -0.3 is 10.6 Å². The molecule has 0 bridgehead atoms. The van der Waals surface area contributed by atoms with E-state index in [2.05, 4.69) is 20.5 Å². The smallest absolute Gasteiger partial charge is 0.261 e. The first-order valence-corrected chi connectivity index (χ1v) is 11.4. The fourth-order valence-corrected chi connectivity index (χ4v) is 4.76. The van der Waals surface area contributed by atoms with E-state index < -0.39 is 11.7 Å². The molecule has 8 heteroatoms. The molecular formula is C24H25FN4O2S. The maximum Gasteiger partial charge on any atom is 0.261 e. The van der Waals surface area contributed by atoms with Gasteiger partial charge in [0.25, 0.3) is 11.8 Å². The molecule has 0 spiro atoms. The second-order valence-electron chi connectivity index (χ2n) is 7.93. The summed E-state index contributed by atoms with van der Waals surface area (Å²) >= 11 is 1.23. The standard InChI is InChI=1S/C24H25FN4O2S/c1-16-13-21(28-23(30)17-5-4-6-18(25)14-17)32-22(16)24(31)27-19-8-11-29(12-9-19)15-20-7-2-3-10-26-20/h2-7,10,13-14,19H,8-9,11-12,15H2,1H3,(H,27,31)(H,28,30). The van der Waals surface area contributed by atoms with Crippen molar-refractivity contribution in [3.63, 3.8) is 0 Å². The average molecular weight is 453 g/mol. The van der Waals surface area contributed by atoms with Crippen LogP contribution in [0.3, 0.4) is 0 Å². The van der Waals surface area contributed by atoms with Crippen LogP contribution in [0.2, 0.25) is 0 Å². The highest BCUT2D eigenvalue weighted by atomic mass is 32.1. The Bertz CT molecular complexity index is 1090. The topological polar surface area (TPSA) is 74.3 Å². The molecule has 166 valence electrons. The van der Waals surface area contributed by atoms with Gasteiger partial charge in [-0.25, -0.2) is 4.39 Å². The normalized spacial score (nSPS) is 14.8. The van der Waals surface area contributed by atoms with Crippen molar-refractivity contribution in [2.75, 3.05) is 18.4 Å². The largest absolute Gasteiger partial charge is 0.349 e. The molecule has 2 amide bonds. The molecule has 3 aromatic rings. The SMILES string of the molecule is Cc1cc(NC(=O)c2cccc(F)c2)sc1C(=O)NC1CCN(Cc2ccccn2)CC1. The number of pyridine rings is 1. The molecule has 2 aromatic heterocycles. The van der Waals surface area contributed by atoms with Crippen LogP contribution in [0.4, 0.5) is 9.39 Å². The van der Waals surface area contributed by atoms with Gasteiger partial charge >= 0.3 is 0 Å². The number of aromatic nitrogens is 1. The first kappa shape index (κ1) is 22.1.